The first-order chi connectivity index (χ1) is 8.02. The van der Waals surface area contributed by atoms with Crippen LogP contribution in [0.15, 0.2) is 6.20 Å². The molecule has 0 spiro atoms. The molecule has 1 rings (SSSR count). The minimum absolute atomic E-state index is 0.0758. The average molecular weight is 266 g/mol. The summed E-state index contributed by atoms with van der Waals surface area (Å²) in [5.41, 5.74) is -0.950. The van der Waals surface area contributed by atoms with E-state index in [1.54, 1.807) is 6.92 Å². The van der Waals surface area contributed by atoms with Gasteiger partial charge in [0, 0.05) is 6.20 Å². The molecule has 7 heteroatoms. The Morgan fingerprint density at radius 3 is 2.71 bits per heavy atom. The van der Waals surface area contributed by atoms with E-state index in [4.69, 9.17) is 16.3 Å². The minimum Gasteiger partial charge on any atom is -0.493 e. The quantitative estimate of drug-likeness (QED) is 0.620. The second-order valence-electron chi connectivity index (χ2n) is 2.93. The van der Waals surface area contributed by atoms with E-state index in [9.17, 15) is 13.6 Å². The number of aromatic nitrogens is 1. The maximum atomic E-state index is 12.9. The fourth-order valence-corrected chi connectivity index (χ4v) is 1.49. The lowest BCUT2D eigenvalue weighted by molar-refractivity contribution is 0.0513. The summed E-state index contributed by atoms with van der Waals surface area (Å²) in [6.45, 7) is 1.65. The van der Waals surface area contributed by atoms with E-state index in [-0.39, 0.29) is 23.1 Å². The molecule has 0 aliphatic rings. The molecule has 0 aliphatic carbocycles. The van der Waals surface area contributed by atoms with Crippen molar-refractivity contribution in [1.29, 1.82) is 0 Å². The summed E-state index contributed by atoms with van der Waals surface area (Å²) in [4.78, 5) is 15.1. The molecule has 0 saturated carbocycles. The summed E-state index contributed by atoms with van der Waals surface area (Å²) in [6.07, 6.45) is -1.96. The second-order valence-corrected chi connectivity index (χ2v) is 3.29. The maximum Gasteiger partial charge on any atom is 0.340 e. The third kappa shape index (κ3) is 2.82. The predicted molar refractivity (Wildman–Crippen MR) is 56.7 cm³/mol. The molecular weight excluding hydrogens is 256 g/mol. The average Bonchev–Trinajstić information content (AvgIpc) is 2.28. The summed E-state index contributed by atoms with van der Waals surface area (Å²) in [7, 11) is 1.17. The number of pyridine rings is 1. The Morgan fingerprint density at radius 1 is 1.59 bits per heavy atom. The van der Waals surface area contributed by atoms with E-state index in [1.165, 1.54) is 7.11 Å². The highest BCUT2D eigenvalue weighted by atomic mass is 35.5. The van der Waals surface area contributed by atoms with Crippen molar-refractivity contribution in [3.05, 3.63) is 22.5 Å². The van der Waals surface area contributed by atoms with E-state index >= 15 is 0 Å². The van der Waals surface area contributed by atoms with Crippen LogP contribution >= 0.6 is 11.6 Å². The number of alkyl halides is 2. The zero-order valence-corrected chi connectivity index (χ0v) is 9.92. The van der Waals surface area contributed by atoms with Crippen molar-refractivity contribution in [2.75, 3.05) is 13.7 Å². The van der Waals surface area contributed by atoms with Crippen LogP contribution in [0.5, 0.6) is 5.75 Å². The van der Waals surface area contributed by atoms with Crippen LogP contribution in [0.3, 0.4) is 0 Å². The van der Waals surface area contributed by atoms with E-state index in [2.05, 4.69) is 9.72 Å². The zero-order valence-electron chi connectivity index (χ0n) is 9.17. The van der Waals surface area contributed by atoms with Gasteiger partial charge in [-0.15, -0.1) is 0 Å². The number of rotatable bonds is 4. The van der Waals surface area contributed by atoms with Crippen LogP contribution < -0.4 is 4.74 Å². The van der Waals surface area contributed by atoms with Crippen molar-refractivity contribution in [2.45, 2.75) is 13.3 Å². The normalized spacial score (nSPS) is 10.5. The first kappa shape index (κ1) is 13.6. The molecule has 0 fully saturated rings. The summed E-state index contributed by atoms with van der Waals surface area (Å²) < 4.78 is 35.1. The van der Waals surface area contributed by atoms with E-state index in [0.717, 1.165) is 6.20 Å². The Kier molecular flexibility index (Phi) is 4.62. The number of methoxy groups -OCH3 is 1. The molecule has 0 N–H and O–H groups in total. The Hall–Kier alpha value is -1.43. The van der Waals surface area contributed by atoms with Gasteiger partial charge in [-0.1, -0.05) is 11.6 Å². The van der Waals surface area contributed by atoms with E-state index in [0.29, 0.717) is 0 Å². The van der Waals surface area contributed by atoms with Gasteiger partial charge in [0.1, 0.15) is 0 Å². The number of hydrogen-bond donors (Lipinski definition) is 0. The summed E-state index contributed by atoms with van der Waals surface area (Å²) >= 11 is 5.61. The van der Waals surface area contributed by atoms with Gasteiger partial charge in [-0.05, 0) is 6.92 Å². The molecule has 1 aromatic heterocycles. The van der Waals surface area contributed by atoms with Crippen LogP contribution in [-0.4, -0.2) is 24.7 Å². The smallest absolute Gasteiger partial charge is 0.340 e. The van der Waals surface area contributed by atoms with E-state index in [1.807, 2.05) is 0 Å². The number of carbonyl (C=O) groups is 1. The number of hydrogen-bond acceptors (Lipinski definition) is 4. The Morgan fingerprint density at radius 2 is 2.24 bits per heavy atom. The number of halogens is 3. The van der Waals surface area contributed by atoms with Gasteiger partial charge in [0.05, 0.1) is 24.8 Å². The first-order valence-electron chi connectivity index (χ1n) is 4.70. The first-order valence-corrected chi connectivity index (χ1v) is 5.08. The van der Waals surface area contributed by atoms with Crippen LogP contribution in [0.4, 0.5) is 8.78 Å². The van der Waals surface area contributed by atoms with Gasteiger partial charge in [0.2, 0.25) is 0 Å². The highest BCUT2D eigenvalue weighted by Gasteiger charge is 2.26. The van der Waals surface area contributed by atoms with Crippen molar-refractivity contribution >= 4 is 17.6 Å². The van der Waals surface area contributed by atoms with E-state index < -0.39 is 18.0 Å². The number of esters is 1. The summed E-state index contributed by atoms with van der Waals surface area (Å²) in [5, 5.41) is -0.226. The van der Waals surface area contributed by atoms with Gasteiger partial charge in [0.15, 0.2) is 10.9 Å². The van der Waals surface area contributed by atoms with Gasteiger partial charge >= 0.3 is 5.97 Å². The lowest BCUT2D eigenvalue weighted by Crippen LogP contribution is -2.11. The van der Waals surface area contributed by atoms with Gasteiger partial charge < -0.3 is 9.47 Å². The number of carbonyl (C=O) groups excluding carboxylic acids is 1. The largest absolute Gasteiger partial charge is 0.493 e. The molecule has 17 heavy (non-hydrogen) atoms. The van der Waals surface area contributed by atoms with Gasteiger partial charge in [-0.3, -0.25) is 0 Å². The molecule has 0 aliphatic heterocycles. The lowest BCUT2D eigenvalue weighted by atomic mass is 10.1. The Bertz CT molecular complexity index is 426. The standard InChI is InChI=1S/C10H10ClF2NO3/c1-3-17-10(15)5-4-14-8(11)7(16-2)6(5)9(12)13/h4,9H,3H2,1-2H3. The second kappa shape index (κ2) is 5.77. The van der Waals surface area contributed by atoms with Gasteiger partial charge in [-0.25, -0.2) is 18.6 Å². The third-order valence-electron chi connectivity index (χ3n) is 1.95. The maximum absolute atomic E-state index is 12.9. The van der Waals surface area contributed by atoms with Crippen molar-refractivity contribution in [3.8, 4) is 5.75 Å². The highest BCUT2D eigenvalue weighted by molar-refractivity contribution is 6.31. The Balaban J connectivity index is 3.35. The number of ether oxygens (including phenoxy) is 2. The van der Waals surface area contributed by atoms with Crippen LogP contribution in [0.25, 0.3) is 0 Å². The molecule has 0 unspecified atom stereocenters. The van der Waals surface area contributed by atoms with Crippen LogP contribution in [0, 0.1) is 0 Å². The van der Waals surface area contributed by atoms with Gasteiger partial charge in [-0.2, -0.15) is 0 Å². The van der Waals surface area contributed by atoms with Crippen LogP contribution in [-0.2, 0) is 4.74 Å². The van der Waals surface area contributed by atoms with Crippen LogP contribution in [0.1, 0.15) is 29.3 Å². The topological polar surface area (TPSA) is 48.4 Å². The molecule has 0 radical (unpaired) electrons. The lowest BCUT2D eigenvalue weighted by Gasteiger charge is -2.12. The molecule has 1 heterocycles. The molecule has 0 amide bonds. The van der Waals surface area contributed by atoms with Crippen LogP contribution in [0.2, 0.25) is 5.15 Å². The molecule has 0 atom stereocenters. The fraction of sp³-hybridized carbons (Fsp3) is 0.400. The third-order valence-corrected chi connectivity index (χ3v) is 2.22. The molecule has 4 nitrogen and oxygen atoms in total. The minimum atomic E-state index is -2.91. The predicted octanol–water partition coefficient (Wildman–Crippen LogP) is 2.86. The molecule has 1 aromatic rings. The molecular formula is C10H10ClF2NO3. The molecule has 0 saturated heterocycles. The summed E-state index contributed by atoms with van der Waals surface area (Å²) in [6, 6.07) is 0. The number of nitrogens with zero attached hydrogens (tertiary/aromatic N) is 1. The van der Waals surface area contributed by atoms with Crippen molar-refractivity contribution in [2.24, 2.45) is 0 Å². The monoisotopic (exact) mass is 265 g/mol. The van der Waals surface area contributed by atoms with Crippen molar-refractivity contribution in [3.63, 3.8) is 0 Å². The fourth-order valence-electron chi connectivity index (χ4n) is 1.27. The molecule has 94 valence electrons. The van der Waals surface area contributed by atoms with Crippen molar-refractivity contribution in [1.82, 2.24) is 4.98 Å². The Labute approximate surface area is 101 Å². The van der Waals surface area contributed by atoms with Crippen molar-refractivity contribution < 1.29 is 23.0 Å². The highest BCUT2D eigenvalue weighted by Crippen LogP contribution is 2.36. The molecule has 0 bridgehead atoms. The zero-order chi connectivity index (χ0) is 13.0. The van der Waals surface area contributed by atoms with Gasteiger partial charge in [0.25, 0.3) is 6.43 Å². The molecule has 0 aromatic carbocycles. The SMILES string of the molecule is CCOC(=O)c1cnc(Cl)c(OC)c1C(F)F. The summed E-state index contributed by atoms with van der Waals surface area (Å²) in [5.74, 6) is -1.20.